The highest BCUT2D eigenvalue weighted by Gasteiger charge is 2.27. The van der Waals surface area contributed by atoms with E-state index >= 15 is 0 Å². The Hall–Kier alpha value is -4.89. The third kappa shape index (κ3) is 70.2. The van der Waals surface area contributed by atoms with Gasteiger partial charge in [0.2, 0.25) is 0 Å². The Morgan fingerprint density at radius 1 is 0.352 bits per heavy atom. The minimum Gasteiger partial charge on any atom is -0.462 e. The van der Waals surface area contributed by atoms with Crippen LogP contribution in [0.3, 0.4) is 0 Å². The molecule has 496 valence electrons. The highest BCUT2D eigenvalue weighted by Crippen LogP contribution is 2.43. The molecule has 1 N–H and O–H groups in total. The number of carbonyl (C=O) groups excluding carboxylic acids is 2. The van der Waals surface area contributed by atoms with E-state index in [4.69, 9.17) is 18.5 Å². The first-order valence-electron chi connectivity index (χ1n) is 34.5. The van der Waals surface area contributed by atoms with Crippen LogP contribution < -0.4 is 0 Å². The maximum absolute atomic E-state index is 12.9. The van der Waals surface area contributed by atoms with E-state index in [1.807, 2.05) is 21.1 Å². The van der Waals surface area contributed by atoms with Crippen LogP contribution in [-0.2, 0) is 32.7 Å². The van der Waals surface area contributed by atoms with Crippen molar-refractivity contribution in [2.45, 2.75) is 251 Å². The smallest absolute Gasteiger partial charge is 0.462 e. The van der Waals surface area contributed by atoms with Crippen molar-refractivity contribution in [1.82, 2.24) is 0 Å². The number of allylic oxidation sites excluding steroid dienone is 30. The zero-order valence-electron chi connectivity index (χ0n) is 56.4. The molecule has 0 saturated heterocycles. The van der Waals surface area contributed by atoms with Gasteiger partial charge in [0.15, 0.2) is 6.10 Å². The van der Waals surface area contributed by atoms with Gasteiger partial charge in [-0.2, -0.15) is 0 Å². The zero-order valence-corrected chi connectivity index (χ0v) is 57.3. The molecule has 0 fully saturated rings. The van der Waals surface area contributed by atoms with E-state index in [1.54, 1.807) is 0 Å². The van der Waals surface area contributed by atoms with Crippen molar-refractivity contribution < 1.29 is 42.1 Å². The van der Waals surface area contributed by atoms with Crippen molar-refractivity contribution in [2.24, 2.45) is 0 Å². The Labute approximate surface area is 540 Å². The van der Waals surface area contributed by atoms with Crippen molar-refractivity contribution in [3.63, 3.8) is 0 Å². The summed E-state index contributed by atoms with van der Waals surface area (Å²) < 4.78 is 34.7. The van der Waals surface area contributed by atoms with E-state index in [-0.39, 0.29) is 32.0 Å². The van der Waals surface area contributed by atoms with Gasteiger partial charge in [-0.05, 0) is 135 Å². The van der Waals surface area contributed by atoms with Crippen LogP contribution in [0, 0.1) is 0 Å². The van der Waals surface area contributed by atoms with Crippen molar-refractivity contribution in [1.29, 1.82) is 0 Å². The van der Waals surface area contributed by atoms with Gasteiger partial charge in [0.1, 0.15) is 19.8 Å². The molecule has 88 heavy (non-hydrogen) atoms. The second-order valence-electron chi connectivity index (χ2n) is 23.4. The minimum absolute atomic E-state index is 0.0163. The number of phosphoric acid groups is 1. The van der Waals surface area contributed by atoms with Crippen molar-refractivity contribution >= 4 is 19.8 Å². The third-order valence-electron chi connectivity index (χ3n) is 13.9. The number of hydrogen-bond acceptors (Lipinski definition) is 7. The summed E-state index contributed by atoms with van der Waals surface area (Å²) in [6.07, 6.45) is 103. The van der Waals surface area contributed by atoms with Crippen molar-refractivity contribution in [3.05, 3.63) is 182 Å². The van der Waals surface area contributed by atoms with Crippen molar-refractivity contribution in [3.8, 4) is 0 Å². The molecular weight excluding hydrogens is 1110 g/mol. The number of esters is 2. The van der Waals surface area contributed by atoms with Gasteiger partial charge in [-0.15, -0.1) is 0 Å². The zero-order chi connectivity index (χ0) is 64.1. The molecule has 0 spiro atoms. The molecule has 0 bridgehead atoms. The Balaban J connectivity index is 4.20. The standard InChI is InChI=1S/C78H126NO8P/c1-6-8-10-12-14-16-18-20-22-24-26-28-30-32-34-36-37-38-39-40-41-43-45-47-49-51-53-55-57-59-61-63-65-67-69-71-78(81)87-76(75-86-88(82,83)85-73-72-79(3,4)5)74-84-77(80)70-68-66-64-62-60-58-56-54-52-50-48-46-44-42-35-33-31-29-27-25-23-21-19-17-15-13-11-9-7-2/h8-11,14-17,20-23,26-29,32-35,37-38,40-41,45,47,51,53,57,59,76H,6-7,12-13,18-19,24-25,30-31,36,39,42-44,46,48-50,52,54-56,58,60-75H2,1-5H3/p+1/b10-8-,11-9-,16-14-,17-15-,22-20-,23-21-,28-26-,29-27-,34-32-,35-33-,38-37-,41-40-,47-45-,53-51-,59-57-. The van der Waals surface area contributed by atoms with E-state index < -0.39 is 26.5 Å². The quantitative estimate of drug-likeness (QED) is 0.0211. The Bertz CT molecular complexity index is 2140. The Morgan fingerprint density at radius 3 is 0.909 bits per heavy atom. The van der Waals surface area contributed by atoms with Gasteiger partial charge in [0.25, 0.3) is 0 Å². The predicted molar refractivity (Wildman–Crippen MR) is 380 cm³/mol. The van der Waals surface area contributed by atoms with Crippen LogP contribution >= 0.6 is 7.82 Å². The van der Waals surface area contributed by atoms with Gasteiger partial charge in [0, 0.05) is 12.8 Å². The van der Waals surface area contributed by atoms with Crippen LogP contribution in [0.25, 0.3) is 0 Å². The fourth-order valence-corrected chi connectivity index (χ4v) is 9.46. The summed E-state index contributed by atoms with van der Waals surface area (Å²) >= 11 is 0. The molecule has 0 heterocycles. The van der Waals surface area contributed by atoms with E-state index in [0.29, 0.717) is 17.4 Å². The fourth-order valence-electron chi connectivity index (χ4n) is 8.72. The summed E-state index contributed by atoms with van der Waals surface area (Å²) in [7, 11) is 1.43. The van der Waals surface area contributed by atoms with Gasteiger partial charge in [-0.1, -0.05) is 280 Å². The number of quaternary nitrogens is 1. The second kappa shape index (κ2) is 66.5. The van der Waals surface area contributed by atoms with Crippen molar-refractivity contribution in [2.75, 3.05) is 47.5 Å². The SMILES string of the molecule is CC/C=C\C/C=C\C/C=C\C/C=C\C/C=C\C/C=C\C/C=C\C/C=C\C/C=C\C/C=C\CCCCCCC(=O)OC(COC(=O)CCCCCCCCCCCCCCC/C=C\C/C=C\C/C=C\C/C=C\C/C=C\CC)COP(=O)(O)OCC[N+](C)(C)C. The fraction of sp³-hybridized carbons (Fsp3) is 0.590. The average Bonchev–Trinajstić information content (AvgIpc) is 3.57. The number of nitrogens with zero attached hydrogens (tertiary/aromatic N) is 1. The Kier molecular flexibility index (Phi) is 62.8. The molecule has 0 rings (SSSR count). The van der Waals surface area contributed by atoms with Crippen LogP contribution in [-0.4, -0.2) is 74.9 Å². The lowest BCUT2D eigenvalue weighted by Crippen LogP contribution is -2.37. The number of ether oxygens (including phenoxy) is 2. The molecule has 0 aromatic carbocycles. The molecule has 0 radical (unpaired) electrons. The first kappa shape index (κ1) is 83.1. The van der Waals surface area contributed by atoms with Gasteiger partial charge in [-0.25, -0.2) is 4.57 Å². The molecular formula is C78H127NO8P+. The lowest BCUT2D eigenvalue weighted by atomic mass is 10.0. The van der Waals surface area contributed by atoms with Crippen LogP contribution in [0.5, 0.6) is 0 Å². The summed E-state index contributed by atoms with van der Waals surface area (Å²) in [5.41, 5.74) is 0. The second-order valence-corrected chi connectivity index (χ2v) is 24.9. The first-order chi connectivity index (χ1) is 43.0. The molecule has 0 aromatic heterocycles. The van der Waals surface area contributed by atoms with E-state index in [9.17, 15) is 19.0 Å². The van der Waals surface area contributed by atoms with Crippen LogP contribution in [0.4, 0.5) is 0 Å². The molecule has 0 saturated carbocycles. The van der Waals surface area contributed by atoms with Gasteiger partial charge < -0.3 is 18.9 Å². The molecule has 0 amide bonds. The highest BCUT2D eigenvalue weighted by molar-refractivity contribution is 7.47. The molecule has 0 aliphatic carbocycles. The van der Waals surface area contributed by atoms with E-state index in [2.05, 4.69) is 196 Å². The summed E-state index contributed by atoms with van der Waals surface area (Å²) in [6.45, 7) is 4.16. The normalized spacial score (nSPS) is 14.3. The number of carbonyl (C=O) groups is 2. The maximum atomic E-state index is 12.9. The monoisotopic (exact) mass is 1240 g/mol. The minimum atomic E-state index is -4.41. The molecule has 0 aliphatic heterocycles. The largest absolute Gasteiger partial charge is 0.472 e. The van der Waals surface area contributed by atoms with E-state index in [1.165, 1.54) is 70.6 Å². The maximum Gasteiger partial charge on any atom is 0.472 e. The first-order valence-corrected chi connectivity index (χ1v) is 36.0. The summed E-state index contributed by atoms with van der Waals surface area (Å²) in [6, 6.07) is 0. The molecule has 9 nitrogen and oxygen atoms in total. The third-order valence-corrected chi connectivity index (χ3v) is 14.9. The number of likely N-dealkylation sites (N-methyl/N-ethyl adjacent to an activating group) is 1. The topological polar surface area (TPSA) is 108 Å². The number of hydrogen-bond donors (Lipinski definition) is 1. The Morgan fingerprint density at radius 2 is 0.614 bits per heavy atom. The molecule has 2 atom stereocenters. The summed E-state index contributed by atoms with van der Waals surface area (Å²) in [4.78, 5) is 35.9. The lowest BCUT2D eigenvalue weighted by Gasteiger charge is -2.24. The molecule has 2 unspecified atom stereocenters. The summed E-state index contributed by atoms with van der Waals surface area (Å²) in [5.74, 6) is -0.839. The highest BCUT2D eigenvalue weighted by atomic mass is 31.2. The van der Waals surface area contributed by atoms with Crippen LogP contribution in [0.15, 0.2) is 182 Å². The molecule has 0 aromatic rings. The number of phosphoric ester groups is 1. The van der Waals surface area contributed by atoms with Gasteiger partial charge >= 0.3 is 19.8 Å². The number of unbranched alkanes of at least 4 members (excludes halogenated alkanes) is 17. The predicted octanol–water partition coefficient (Wildman–Crippen LogP) is 22.7. The average molecular weight is 1240 g/mol. The van der Waals surface area contributed by atoms with Gasteiger partial charge in [0.05, 0.1) is 27.7 Å². The van der Waals surface area contributed by atoms with E-state index in [0.717, 1.165) is 141 Å². The van der Waals surface area contributed by atoms with Crippen LogP contribution in [0.2, 0.25) is 0 Å². The summed E-state index contributed by atoms with van der Waals surface area (Å²) in [5, 5.41) is 0. The molecule has 0 aliphatic rings. The van der Waals surface area contributed by atoms with Crippen LogP contribution in [0.1, 0.15) is 245 Å². The van der Waals surface area contributed by atoms with Gasteiger partial charge in [-0.3, -0.25) is 18.6 Å². The lowest BCUT2D eigenvalue weighted by molar-refractivity contribution is -0.870. The molecule has 10 heteroatoms. The number of rotatable bonds is 61.